The average Bonchev–Trinajstić information content (AvgIpc) is 2.94. The van der Waals surface area contributed by atoms with Crippen LogP contribution in [0.1, 0.15) is 56.5 Å². The first-order valence-corrected chi connectivity index (χ1v) is 13.2. The number of benzene rings is 1. The van der Waals surface area contributed by atoms with Crippen molar-refractivity contribution < 1.29 is 18.0 Å². The number of aromatic nitrogens is 3. The van der Waals surface area contributed by atoms with Crippen LogP contribution in [0.4, 0.5) is 19.0 Å². The monoisotopic (exact) mass is 555 g/mol. The molecular formula is C28H32F3N7O2. The highest BCUT2D eigenvalue weighted by molar-refractivity contribution is 5.86. The number of piperazine rings is 1. The number of hydrogen-bond acceptors (Lipinski definition) is 7. The third-order valence-corrected chi connectivity index (χ3v) is 7.57. The van der Waals surface area contributed by atoms with Crippen LogP contribution in [0.5, 0.6) is 0 Å². The number of carbonyl (C=O) groups is 1. The lowest BCUT2D eigenvalue weighted by Crippen LogP contribution is -2.60. The van der Waals surface area contributed by atoms with E-state index in [1.807, 2.05) is 19.9 Å². The van der Waals surface area contributed by atoms with Gasteiger partial charge in [0.05, 0.1) is 17.1 Å². The van der Waals surface area contributed by atoms with Crippen molar-refractivity contribution in [3.63, 3.8) is 0 Å². The average molecular weight is 556 g/mol. The summed E-state index contributed by atoms with van der Waals surface area (Å²) in [6.07, 6.45) is -3.06. The molecule has 1 aliphatic heterocycles. The van der Waals surface area contributed by atoms with Crippen molar-refractivity contribution in [3.05, 3.63) is 63.7 Å². The Kier molecular flexibility index (Phi) is 8.44. The van der Waals surface area contributed by atoms with Crippen molar-refractivity contribution in [1.29, 1.82) is 5.26 Å². The van der Waals surface area contributed by atoms with Crippen LogP contribution in [0.25, 0.3) is 11.0 Å². The van der Waals surface area contributed by atoms with E-state index in [1.54, 1.807) is 19.2 Å². The molecule has 12 heteroatoms. The van der Waals surface area contributed by atoms with Gasteiger partial charge < -0.3 is 10.2 Å². The second-order valence-corrected chi connectivity index (χ2v) is 10.00. The fourth-order valence-electron chi connectivity index (χ4n) is 5.36. The van der Waals surface area contributed by atoms with Gasteiger partial charge in [-0.05, 0) is 42.7 Å². The number of rotatable bonds is 7. The maximum absolute atomic E-state index is 13.2. The number of alkyl halides is 3. The molecular weight excluding hydrogens is 523 g/mol. The molecule has 40 heavy (non-hydrogen) atoms. The van der Waals surface area contributed by atoms with E-state index in [9.17, 15) is 28.0 Å². The summed E-state index contributed by atoms with van der Waals surface area (Å²) in [4.78, 5) is 37.8. The van der Waals surface area contributed by atoms with Crippen LogP contribution in [0.2, 0.25) is 0 Å². The molecule has 1 amide bonds. The molecule has 1 unspecified atom stereocenters. The van der Waals surface area contributed by atoms with E-state index in [4.69, 9.17) is 0 Å². The van der Waals surface area contributed by atoms with Crippen LogP contribution < -0.4 is 15.9 Å². The molecule has 4 rings (SSSR count). The zero-order chi connectivity index (χ0) is 29.2. The fraction of sp³-hybridized carbons (Fsp3) is 0.464. The Bertz CT molecular complexity index is 1480. The number of pyridine rings is 1. The van der Waals surface area contributed by atoms with E-state index < -0.39 is 17.4 Å². The molecule has 2 aromatic heterocycles. The lowest BCUT2D eigenvalue weighted by molar-refractivity contribution is -0.137. The summed E-state index contributed by atoms with van der Waals surface area (Å²) in [5, 5.41) is 12.3. The summed E-state index contributed by atoms with van der Waals surface area (Å²) in [7, 11) is 1.61. The molecule has 3 aromatic rings. The zero-order valence-corrected chi connectivity index (χ0v) is 22.9. The van der Waals surface area contributed by atoms with Crippen LogP contribution in [0.15, 0.2) is 41.2 Å². The van der Waals surface area contributed by atoms with Crippen LogP contribution in [0.3, 0.4) is 0 Å². The normalized spacial score (nSPS) is 18.9. The van der Waals surface area contributed by atoms with Crippen molar-refractivity contribution in [2.75, 3.05) is 24.5 Å². The smallest absolute Gasteiger partial charge is 0.354 e. The predicted molar refractivity (Wildman–Crippen MR) is 145 cm³/mol. The molecule has 0 radical (unpaired) electrons. The molecule has 9 nitrogen and oxygen atoms in total. The summed E-state index contributed by atoms with van der Waals surface area (Å²) in [5.74, 6) is 0.180. The van der Waals surface area contributed by atoms with Gasteiger partial charge in [0.2, 0.25) is 5.91 Å². The lowest BCUT2D eigenvalue weighted by atomic mass is 9.95. The lowest BCUT2D eigenvalue weighted by Gasteiger charge is -2.49. The minimum Gasteiger partial charge on any atom is -0.354 e. The van der Waals surface area contributed by atoms with E-state index in [0.29, 0.717) is 48.3 Å². The zero-order valence-electron chi connectivity index (χ0n) is 22.9. The minimum absolute atomic E-state index is 0.0797. The molecule has 1 aliphatic rings. The molecule has 0 bridgehead atoms. The number of halogens is 3. The number of fused-ring (bicyclic) bond motifs is 1. The molecule has 0 aliphatic carbocycles. The summed E-state index contributed by atoms with van der Waals surface area (Å²) >= 11 is 0. The number of nitriles is 1. The Labute approximate surface area is 230 Å². The number of nitrogens with one attached hydrogen (secondary N) is 1. The van der Waals surface area contributed by atoms with Gasteiger partial charge in [0.15, 0.2) is 5.82 Å². The van der Waals surface area contributed by atoms with E-state index in [-0.39, 0.29) is 36.3 Å². The molecule has 3 atom stereocenters. The summed E-state index contributed by atoms with van der Waals surface area (Å²) in [6, 6.07) is 9.81. The van der Waals surface area contributed by atoms with Crippen molar-refractivity contribution >= 4 is 22.8 Å². The van der Waals surface area contributed by atoms with E-state index in [2.05, 4.69) is 25.1 Å². The Balaban J connectivity index is 1.76. The molecule has 1 aromatic carbocycles. The van der Waals surface area contributed by atoms with Gasteiger partial charge >= 0.3 is 11.9 Å². The molecule has 1 saturated heterocycles. The second-order valence-electron chi connectivity index (χ2n) is 10.00. The highest BCUT2D eigenvalue weighted by atomic mass is 19.4. The predicted octanol–water partition coefficient (Wildman–Crippen LogP) is 3.78. The van der Waals surface area contributed by atoms with Crippen LogP contribution in [-0.2, 0) is 18.0 Å². The third-order valence-electron chi connectivity index (χ3n) is 7.57. The SMILES string of the molecule is CC[C@H]1CN(C(CNC(C)=O)c2ccc(C(F)(F)F)cc2)[C@H](CC)CN1c1nc(=O)n(C)c2ccc(C#N)nc12. The highest BCUT2D eigenvalue weighted by Gasteiger charge is 2.38. The Morgan fingerprint density at radius 1 is 1.10 bits per heavy atom. The third kappa shape index (κ3) is 5.79. The van der Waals surface area contributed by atoms with Crippen molar-refractivity contribution in [2.24, 2.45) is 7.05 Å². The van der Waals surface area contributed by atoms with Gasteiger partial charge in [0, 0.05) is 45.7 Å². The van der Waals surface area contributed by atoms with Gasteiger partial charge in [-0.25, -0.2) is 9.78 Å². The molecule has 3 heterocycles. The van der Waals surface area contributed by atoms with Crippen molar-refractivity contribution in [1.82, 2.24) is 24.8 Å². The van der Waals surface area contributed by atoms with Gasteiger partial charge in [0.1, 0.15) is 17.3 Å². The number of carbonyl (C=O) groups excluding carboxylic acids is 1. The number of nitrogens with zero attached hydrogens (tertiary/aromatic N) is 6. The maximum atomic E-state index is 13.2. The largest absolute Gasteiger partial charge is 0.416 e. The van der Waals surface area contributed by atoms with E-state index in [0.717, 1.165) is 12.1 Å². The van der Waals surface area contributed by atoms with Gasteiger partial charge in [0.25, 0.3) is 0 Å². The highest BCUT2D eigenvalue weighted by Crippen LogP contribution is 2.35. The van der Waals surface area contributed by atoms with Crippen LogP contribution >= 0.6 is 0 Å². The number of amides is 1. The van der Waals surface area contributed by atoms with E-state index in [1.165, 1.54) is 23.6 Å². The first-order valence-electron chi connectivity index (χ1n) is 13.2. The number of hydrogen-bond donors (Lipinski definition) is 1. The number of anilines is 1. The Hall–Kier alpha value is -3.98. The Morgan fingerprint density at radius 3 is 2.35 bits per heavy atom. The number of aryl methyl sites for hydroxylation is 1. The van der Waals surface area contributed by atoms with Gasteiger partial charge in [-0.2, -0.15) is 23.4 Å². The molecule has 212 valence electrons. The van der Waals surface area contributed by atoms with E-state index >= 15 is 0 Å². The molecule has 1 fully saturated rings. The van der Waals surface area contributed by atoms with Crippen LogP contribution in [0, 0.1) is 11.3 Å². The molecule has 1 N–H and O–H groups in total. The summed E-state index contributed by atoms with van der Waals surface area (Å²) in [6.45, 7) is 6.65. The topological polar surface area (TPSA) is 107 Å². The van der Waals surface area contributed by atoms with Gasteiger partial charge in [-0.15, -0.1) is 0 Å². The first-order chi connectivity index (χ1) is 19.0. The molecule has 0 saturated carbocycles. The minimum atomic E-state index is -4.45. The van der Waals surface area contributed by atoms with Gasteiger partial charge in [-0.3, -0.25) is 14.3 Å². The molecule has 0 spiro atoms. The van der Waals surface area contributed by atoms with Crippen molar-refractivity contribution in [2.45, 2.75) is 57.9 Å². The second kappa shape index (κ2) is 11.6. The van der Waals surface area contributed by atoms with Gasteiger partial charge in [-0.1, -0.05) is 26.0 Å². The summed E-state index contributed by atoms with van der Waals surface area (Å²) in [5.41, 5.74) is 0.734. The fourth-order valence-corrected chi connectivity index (χ4v) is 5.36. The Morgan fingerprint density at radius 2 is 1.77 bits per heavy atom. The maximum Gasteiger partial charge on any atom is 0.416 e. The standard InChI is InChI=1S/C28H32F3N7O2/c1-5-21-16-38(26-25-23(36(4)27(40)35-26)12-11-20(13-32)34-25)22(6-2)15-37(21)24(14-33-17(3)39)18-7-9-19(10-8-18)28(29,30)31/h7-12,21-22,24H,5-6,14-16H2,1-4H3,(H,33,39)/t21-,22+,24?/m1/s1. The van der Waals surface area contributed by atoms with Crippen LogP contribution in [-0.4, -0.2) is 57.1 Å². The first kappa shape index (κ1) is 29.0. The quantitative estimate of drug-likeness (QED) is 0.473. The summed E-state index contributed by atoms with van der Waals surface area (Å²) < 4.78 is 41.1. The van der Waals surface area contributed by atoms with Crippen molar-refractivity contribution in [3.8, 4) is 6.07 Å².